The van der Waals surface area contributed by atoms with Crippen LogP contribution >= 0.6 is 0 Å². The van der Waals surface area contributed by atoms with Gasteiger partial charge in [-0.15, -0.1) is 0 Å². The van der Waals surface area contributed by atoms with Crippen molar-refractivity contribution in [2.24, 2.45) is 16.7 Å². The minimum Gasteiger partial charge on any atom is -0.383 e. The molecular weight excluding hydrogens is 246 g/mol. The smallest absolute Gasteiger partial charge is 0.0643 e. The Kier molecular flexibility index (Phi) is 3.53. The highest BCUT2D eigenvalue weighted by atomic mass is 16.5. The fourth-order valence-electron chi connectivity index (χ4n) is 4.33. The molecule has 0 radical (unpaired) electrons. The summed E-state index contributed by atoms with van der Waals surface area (Å²) in [4.78, 5) is 0. The molecule has 0 spiro atoms. The topological polar surface area (TPSA) is 21.3 Å². The van der Waals surface area contributed by atoms with Gasteiger partial charge in [-0.3, -0.25) is 0 Å². The molecule has 0 amide bonds. The van der Waals surface area contributed by atoms with Crippen LogP contribution in [0.15, 0.2) is 30.3 Å². The molecule has 0 heterocycles. The van der Waals surface area contributed by atoms with E-state index >= 15 is 0 Å². The van der Waals surface area contributed by atoms with Crippen LogP contribution in [0.3, 0.4) is 0 Å². The van der Waals surface area contributed by atoms with E-state index in [1.54, 1.807) is 0 Å². The van der Waals surface area contributed by atoms with Crippen LogP contribution in [0.4, 0.5) is 5.69 Å². The first kappa shape index (κ1) is 13.9. The Morgan fingerprint density at radius 3 is 2.55 bits per heavy atom. The second kappa shape index (κ2) is 5.07. The van der Waals surface area contributed by atoms with Crippen molar-refractivity contribution in [3.63, 3.8) is 0 Å². The molecule has 2 aliphatic rings. The summed E-state index contributed by atoms with van der Waals surface area (Å²) in [5.74, 6) is 0.861. The van der Waals surface area contributed by atoms with E-state index in [-0.39, 0.29) is 0 Å². The number of hydrogen-bond acceptors (Lipinski definition) is 2. The van der Waals surface area contributed by atoms with Gasteiger partial charge in [0.05, 0.1) is 12.7 Å². The van der Waals surface area contributed by atoms with Crippen LogP contribution in [0, 0.1) is 16.7 Å². The quantitative estimate of drug-likeness (QED) is 0.806. The molecule has 2 fully saturated rings. The fourth-order valence-corrected chi connectivity index (χ4v) is 4.33. The average molecular weight is 273 g/mol. The summed E-state index contributed by atoms with van der Waals surface area (Å²) in [7, 11) is 0. The first-order valence-corrected chi connectivity index (χ1v) is 7.94. The van der Waals surface area contributed by atoms with Crippen LogP contribution < -0.4 is 5.32 Å². The maximum Gasteiger partial charge on any atom is 0.0643 e. The van der Waals surface area contributed by atoms with Crippen LogP contribution in [0.2, 0.25) is 0 Å². The molecule has 1 N–H and O–H groups in total. The molecule has 20 heavy (non-hydrogen) atoms. The van der Waals surface area contributed by atoms with Gasteiger partial charge in [0, 0.05) is 12.2 Å². The van der Waals surface area contributed by atoms with Gasteiger partial charge in [0.2, 0.25) is 0 Å². The maximum atomic E-state index is 6.23. The Hall–Kier alpha value is -1.02. The largest absolute Gasteiger partial charge is 0.383 e. The third-order valence-electron chi connectivity index (χ3n) is 6.24. The van der Waals surface area contributed by atoms with Crippen LogP contribution in [-0.4, -0.2) is 19.3 Å². The van der Waals surface area contributed by atoms with Gasteiger partial charge >= 0.3 is 0 Å². The van der Waals surface area contributed by atoms with Gasteiger partial charge < -0.3 is 10.1 Å². The number of rotatable bonds is 5. The van der Waals surface area contributed by atoms with Gasteiger partial charge in [-0.05, 0) is 48.1 Å². The summed E-state index contributed by atoms with van der Waals surface area (Å²) in [6.45, 7) is 9.02. The molecule has 0 aliphatic heterocycles. The van der Waals surface area contributed by atoms with Gasteiger partial charge in [-0.25, -0.2) is 0 Å². The van der Waals surface area contributed by atoms with Gasteiger partial charge in [0.25, 0.3) is 0 Å². The minimum atomic E-state index is 0.379. The van der Waals surface area contributed by atoms with Crippen LogP contribution in [-0.2, 0) is 4.74 Å². The molecule has 2 aliphatic carbocycles. The molecule has 0 aromatic heterocycles. The summed E-state index contributed by atoms with van der Waals surface area (Å²) in [5, 5.41) is 3.42. The van der Waals surface area contributed by atoms with Crippen molar-refractivity contribution in [3.8, 4) is 0 Å². The monoisotopic (exact) mass is 273 g/mol. The van der Waals surface area contributed by atoms with E-state index in [2.05, 4.69) is 50.4 Å². The molecule has 2 nitrogen and oxygen atoms in total. The lowest BCUT2D eigenvalue weighted by Gasteiger charge is -2.39. The fraction of sp³-hybridized carbons (Fsp3) is 0.667. The molecule has 2 bridgehead atoms. The lowest BCUT2D eigenvalue weighted by molar-refractivity contribution is -0.0425. The second-order valence-electron chi connectivity index (χ2n) is 7.26. The van der Waals surface area contributed by atoms with Gasteiger partial charge in [0.1, 0.15) is 0 Å². The minimum absolute atomic E-state index is 0.379. The average Bonchev–Trinajstić information content (AvgIpc) is 2.78. The van der Waals surface area contributed by atoms with Crippen molar-refractivity contribution in [1.29, 1.82) is 0 Å². The van der Waals surface area contributed by atoms with E-state index < -0.39 is 0 Å². The van der Waals surface area contributed by atoms with Crippen molar-refractivity contribution in [2.45, 2.75) is 46.1 Å². The third-order valence-corrected chi connectivity index (χ3v) is 6.24. The Bertz CT molecular complexity index is 456. The first-order valence-electron chi connectivity index (χ1n) is 7.94. The van der Waals surface area contributed by atoms with Crippen molar-refractivity contribution < 1.29 is 4.74 Å². The summed E-state index contributed by atoms with van der Waals surface area (Å²) in [6, 6.07) is 10.4. The highest BCUT2D eigenvalue weighted by Gasteiger charge is 2.61. The second-order valence-corrected chi connectivity index (χ2v) is 7.26. The molecule has 3 atom stereocenters. The lowest BCUT2D eigenvalue weighted by Crippen LogP contribution is -2.37. The first-order chi connectivity index (χ1) is 9.54. The number of ether oxygens (including phenoxy) is 1. The predicted octanol–water partition coefficient (Wildman–Crippen LogP) is 4.33. The van der Waals surface area contributed by atoms with Gasteiger partial charge in [0.15, 0.2) is 0 Å². The number of fused-ring (bicyclic) bond motifs is 2. The molecule has 0 unspecified atom stereocenters. The zero-order valence-corrected chi connectivity index (χ0v) is 13.0. The van der Waals surface area contributed by atoms with Gasteiger partial charge in [-0.2, -0.15) is 0 Å². The number of para-hydroxylation sites is 1. The highest BCUT2D eigenvalue weighted by Crippen LogP contribution is 2.66. The Morgan fingerprint density at radius 2 is 1.95 bits per heavy atom. The highest BCUT2D eigenvalue weighted by molar-refractivity contribution is 5.42. The lowest BCUT2D eigenvalue weighted by atomic mass is 9.70. The molecular formula is C18H27NO. The summed E-state index contributed by atoms with van der Waals surface area (Å²) in [6.07, 6.45) is 4.44. The molecule has 2 heteroatoms. The maximum absolute atomic E-state index is 6.23. The van der Waals surface area contributed by atoms with Gasteiger partial charge in [-0.1, -0.05) is 39.0 Å². The normalized spacial score (nSPS) is 34.4. The van der Waals surface area contributed by atoms with E-state index in [0.717, 1.165) is 19.1 Å². The van der Waals surface area contributed by atoms with Crippen molar-refractivity contribution >= 4 is 5.69 Å². The number of benzene rings is 1. The summed E-state index contributed by atoms with van der Waals surface area (Å²) in [5.41, 5.74) is 2.00. The van der Waals surface area contributed by atoms with Crippen LogP contribution in [0.5, 0.6) is 0 Å². The Balaban J connectivity index is 1.49. The van der Waals surface area contributed by atoms with E-state index in [1.807, 2.05) is 6.07 Å². The molecule has 1 aromatic carbocycles. The van der Waals surface area contributed by atoms with E-state index in [9.17, 15) is 0 Å². The van der Waals surface area contributed by atoms with Crippen molar-refractivity contribution in [3.05, 3.63) is 30.3 Å². The van der Waals surface area contributed by atoms with E-state index in [0.29, 0.717) is 16.9 Å². The van der Waals surface area contributed by atoms with Crippen molar-refractivity contribution in [1.82, 2.24) is 0 Å². The van der Waals surface area contributed by atoms with Crippen LogP contribution in [0.25, 0.3) is 0 Å². The van der Waals surface area contributed by atoms with E-state index in [1.165, 1.54) is 24.9 Å². The Labute approximate surface area is 122 Å². The predicted molar refractivity (Wildman–Crippen MR) is 83.9 cm³/mol. The Morgan fingerprint density at radius 1 is 1.20 bits per heavy atom. The number of nitrogens with one attached hydrogen (secondary N) is 1. The van der Waals surface area contributed by atoms with Crippen molar-refractivity contribution in [2.75, 3.05) is 18.5 Å². The molecule has 110 valence electrons. The number of hydrogen-bond donors (Lipinski definition) is 1. The standard InChI is InChI=1S/C18H27NO/c1-17(2)14-9-10-18(17,3)16(13-14)20-12-11-19-15-7-5-4-6-8-15/h4-8,14,16,19H,9-13H2,1-3H3/t14-,16-,18+/m0/s1. The SMILES string of the molecule is CC1(C)[C@H]2CC[C@]1(C)[C@@H](OCCNc1ccccc1)C2. The number of anilines is 1. The summed E-state index contributed by atoms with van der Waals surface area (Å²) < 4.78 is 6.23. The molecule has 0 saturated heterocycles. The van der Waals surface area contributed by atoms with E-state index in [4.69, 9.17) is 4.74 Å². The summed E-state index contributed by atoms with van der Waals surface area (Å²) >= 11 is 0. The molecule has 1 aromatic rings. The zero-order valence-electron chi connectivity index (χ0n) is 13.0. The molecule has 2 saturated carbocycles. The molecule has 3 rings (SSSR count). The third kappa shape index (κ3) is 2.14. The zero-order chi connectivity index (χ0) is 14.2. The van der Waals surface area contributed by atoms with Crippen LogP contribution in [0.1, 0.15) is 40.0 Å².